The molecule has 3 heterocycles. The topological polar surface area (TPSA) is 108 Å². The average Bonchev–Trinajstić information content (AvgIpc) is 3.46. The number of nitrogens with one attached hydrogen (secondary N) is 2. The first kappa shape index (κ1) is 24.5. The SMILES string of the molecule is CC[C@@H](CO)N1C(=O)[C@@H]2[C@H](C(=O)Nc3ccccc3)[C@]3(C)CCC2(O3)C1C(=O)NCc1ccccc1. The molecule has 2 bridgehead atoms. The Morgan fingerprint density at radius 3 is 2.39 bits per heavy atom. The number of ether oxygens (including phenoxy) is 1. The Morgan fingerprint density at radius 1 is 1.08 bits per heavy atom. The van der Waals surface area contributed by atoms with Gasteiger partial charge in [0.25, 0.3) is 0 Å². The van der Waals surface area contributed by atoms with Crippen LogP contribution in [-0.2, 0) is 25.7 Å². The fourth-order valence-electron chi connectivity index (χ4n) is 6.49. The molecule has 3 amide bonds. The summed E-state index contributed by atoms with van der Waals surface area (Å²) in [5.74, 6) is -2.45. The van der Waals surface area contributed by atoms with Gasteiger partial charge in [-0.3, -0.25) is 14.4 Å². The lowest BCUT2D eigenvalue weighted by atomic mass is 9.66. The van der Waals surface area contributed by atoms with E-state index in [0.717, 1.165) is 5.56 Å². The van der Waals surface area contributed by atoms with E-state index >= 15 is 0 Å². The number of hydrogen-bond acceptors (Lipinski definition) is 5. The lowest BCUT2D eigenvalue weighted by Crippen LogP contribution is -2.57. The number of amides is 3. The number of benzene rings is 2. The van der Waals surface area contributed by atoms with Crippen LogP contribution in [0.25, 0.3) is 0 Å². The van der Waals surface area contributed by atoms with Crippen LogP contribution >= 0.6 is 0 Å². The van der Waals surface area contributed by atoms with Crippen molar-refractivity contribution in [2.24, 2.45) is 11.8 Å². The molecule has 2 aromatic carbocycles. The van der Waals surface area contributed by atoms with Crippen molar-refractivity contribution in [1.82, 2.24) is 10.2 Å². The number of nitrogens with zero attached hydrogens (tertiary/aromatic N) is 1. The molecule has 8 heteroatoms. The van der Waals surface area contributed by atoms with Gasteiger partial charge in [0.05, 0.1) is 30.1 Å². The quantitative estimate of drug-likeness (QED) is 0.526. The fraction of sp³-hybridized carbons (Fsp3) is 0.464. The van der Waals surface area contributed by atoms with Gasteiger partial charge in [0.15, 0.2) is 0 Å². The minimum absolute atomic E-state index is 0.272. The lowest BCUT2D eigenvalue weighted by molar-refractivity contribution is -0.149. The van der Waals surface area contributed by atoms with E-state index in [-0.39, 0.29) is 24.3 Å². The van der Waals surface area contributed by atoms with Crippen LogP contribution in [0.4, 0.5) is 5.69 Å². The molecule has 6 atom stereocenters. The van der Waals surface area contributed by atoms with Crippen LogP contribution in [-0.4, -0.2) is 57.6 Å². The van der Waals surface area contributed by atoms with E-state index in [1.54, 1.807) is 12.1 Å². The number of carbonyl (C=O) groups excluding carboxylic acids is 3. The maximum Gasteiger partial charge on any atom is 0.246 e. The van der Waals surface area contributed by atoms with E-state index in [2.05, 4.69) is 10.6 Å². The van der Waals surface area contributed by atoms with Crippen molar-refractivity contribution in [3.8, 4) is 0 Å². The summed E-state index contributed by atoms with van der Waals surface area (Å²) in [5, 5.41) is 16.0. The number of likely N-dealkylation sites (tertiary alicyclic amines) is 1. The van der Waals surface area contributed by atoms with Gasteiger partial charge >= 0.3 is 0 Å². The second kappa shape index (κ2) is 9.33. The molecule has 8 nitrogen and oxygen atoms in total. The van der Waals surface area contributed by atoms with Crippen LogP contribution in [0.15, 0.2) is 60.7 Å². The zero-order valence-corrected chi connectivity index (χ0v) is 20.6. The molecule has 3 aliphatic heterocycles. The van der Waals surface area contributed by atoms with Crippen LogP contribution in [0, 0.1) is 11.8 Å². The summed E-state index contributed by atoms with van der Waals surface area (Å²) in [6.07, 6.45) is 1.54. The number of para-hydroxylation sites is 1. The Morgan fingerprint density at radius 2 is 1.75 bits per heavy atom. The highest BCUT2D eigenvalue weighted by Crippen LogP contribution is 2.63. The maximum absolute atomic E-state index is 14.0. The molecule has 1 spiro atoms. The Balaban J connectivity index is 1.49. The normalized spacial score (nSPS) is 31.2. The smallest absolute Gasteiger partial charge is 0.246 e. The second-order valence-corrected chi connectivity index (χ2v) is 10.3. The first-order chi connectivity index (χ1) is 17.3. The molecule has 2 aromatic rings. The van der Waals surface area contributed by atoms with E-state index in [0.29, 0.717) is 31.5 Å². The Bertz CT molecular complexity index is 1140. The third kappa shape index (κ3) is 3.79. The molecule has 0 saturated carbocycles. The summed E-state index contributed by atoms with van der Waals surface area (Å²) in [4.78, 5) is 42.8. The molecule has 2 unspecified atom stereocenters. The second-order valence-electron chi connectivity index (χ2n) is 10.3. The van der Waals surface area contributed by atoms with Crippen molar-refractivity contribution in [1.29, 1.82) is 0 Å². The van der Waals surface area contributed by atoms with Gasteiger partial charge in [0.2, 0.25) is 17.7 Å². The third-order valence-electron chi connectivity index (χ3n) is 8.17. The molecule has 190 valence electrons. The third-order valence-corrected chi connectivity index (χ3v) is 8.17. The molecule has 5 rings (SSSR count). The van der Waals surface area contributed by atoms with Gasteiger partial charge in [-0.15, -0.1) is 0 Å². The molecule has 3 N–H and O–H groups in total. The zero-order valence-electron chi connectivity index (χ0n) is 20.6. The Hall–Kier alpha value is -3.23. The van der Waals surface area contributed by atoms with Crippen molar-refractivity contribution in [3.05, 3.63) is 66.2 Å². The molecule has 3 fully saturated rings. The van der Waals surface area contributed by atoms with Gasteiger partial charge in [-0.25, -0.2) is 0 Å². The van der Waals surface area contributed by atoms with Crippen LogP contribution < -0.4 is 10.6 Å². The van der Waals surface area contributed by atoms with Crippen LogP contribution in [0.5, 0.6) is 0 Å². The van der Waals surface area contributed by atoms with E-state index in [1.807, 2.05) is 62.4 Å². The lowest BCUT2D eigenvalue weighted by Gasteiger charge is -2.36. The molecule has 0 aromatic heterocycles. The van der Waals surface area contributed by atoms with Gasteiger partial charge in [-0.2, -0.15) is 0 Å². The highest BCUT2D eigenvalue weighted by molar-refractivity contribution is 6.02. The van der Waals surface area contributed by atoms with Crippen molar-refractivity contribution in [2.75, 3.05) is 11.9 Å². The van der Waals surface area contributed by atoms with Gasteiger partial charge < -0.3 is 25.4 Å². The van der Waals surface area contributed by atoms with Crippen LogP contribution in [0.1, 0.15) is 38.7 Å². The predicted molar refractivity (Wildman–Crippen MR) is 134 cm³/mol. The van der Waals surface area contributed by atoms with E-state index in [1.165, 1.54) is 4.90 Å². The van der Waals surface area contributed by atoms with Gasteiger partial charge in [0, 0.05) is 12.2 Å². The first-order valence-electron chi connectivity index (χ1n) is 12.7. The summed E-state index contributed by atoms with van der Waals surface area (Å²) in [7, 11) is 0. The molecule has 0 aliphatic carbocycles. The summed E-state index contributed by atoms with van der Waals surface area (Å²) < 4.78 is 6.60. The van der Waals surface area contributed by atoms with E-state index < -0.39 is 35.1 Å². The number of aliphatic hydroxyl groups excluding tert-OH is 1. The molecule has 3 aliphatic rings. The summed E-state index contributed by atoms with van der Waals surface area (Å²) in [5.41, 5.74) is -0.393. The van der Waals surface area contributed by atoms with Crippen molar-refractivity contribution in [2.45, 2.75) is 62.9 Å². The van der Waals surface area contributed by atoms with Crippen LogP contribution in [0.2, 0.25) is 0 Å². The zero-order chi connectivity index (χ0) is 25.5. The number of rotatable bonds is 8. The molecular formula is C28H33N3O5. The Labute approximate surface area is 211 Å². The van der Waals surface area contributed by atoms with Gasteiger partial charge in [-0.1, -0.05) is 55.5 Å². The largest absolute Gasteiger partial charge is 0.394 e. The highest BCUT2D eigenvalue weighted by atomic mass is 16.5. The number of aliphatic hydroxyl groups is 1. The van der Waals surface area contributed by atoms with Crippen molar-refractivity contribution < 1.29 is 24.2 Å². The minimum atomic E-state index is -1.12. The number of carbonyl (C=O) groups is 3. The predicted octanol–water partition coefficient (Wildman–Crippen LogP) is 2.48. The van der Waals surface area contributed by atoms with Crippen molar-refractivity contribution >= 4 is 23.4 Å². The standard InChI is InChI=1S/C28H33N3O5/c1-3-20(17-32)31-23(25(34)29-16-18-10-6-4-7-11-18)28-15-14-27(2,36-28)21(22(28)26(31)35)24(33)30-19-12-8-5-9-13-19/h4-13,20-23,32H,3,14-17H2,1-2H3,(H,29,34)(H,30,33)/t20-,21+,22-,23?,27-,28?/m0/s1. The van der Waals surface area contributed by atoms with E-state index in [4.69, 9.17) is 4.74 Å². The summed E-state index contributed by atoms with van der Waals surface area (Å²) >= 11 is 0. The number of anilines is 1. The molecule has 3 saturated heterocycles. The fourth-order valence-corrected chi connectivity index (χ4v) is 6.49. The average molecular weight is 492 g/mol. The van der Waals surface area contributed by atoms with Gasteiger partial charge in [-0.05, 0) is 43.9 Å². The molecule has 0 radical (unpaired) electrons. The Kier molecular flexibility index (Phi) is 6.34. The van der Waals surface area contributed by atoms with Gasteiger partial charge in [0.1, 0.15) is 11.6 Å². The number of hydrogen-bond donors (Lipinski definition) is 3. The van der Waals surface area contributed by atoms with Crippen LogP contribution in [0.3, 0.4) is 0 Å². The maximum atomic E-state index is 14.0. The number of fused-ring (bicyclic) bond motifs is 1. The van der Waals surface area contributed by atoms with Crippen molar-refractivity contribution in [3.63, 3.8) is 0 Å². The summed E-state index contributed by atoms with van der Waals surface area (Å²) in [6.45, 7) is 3.78. The summed E-state index contributed by atoms with van der Waals surface area (Å²) in [6, 6.07) is 17.2. The van der Waals surface area contributed by atoms with E-state index in [9.17, 15) is 19.5 Å². The first-order valence-corrected chi connectivity index (χ1v) is 12.7. The minimum Gasteiger partial charge on any atom is -0.394 e. The highest BCUT2D eigenvalue weighted by Gasteiger charge is 2.78. The molecule has 36 heavy (non-hydrogen) atoms. The molecular weight excluding hydrogens is 458 g/mol. The monoisotopic (exact) mass is 491 g/mol.